The summed E-state index contributed by atoms with van der Waals surface area (Å²) in [5, 5.41) is 0. The van der Waals surface area contributed by atoms with Crippen LogP contribution >= 0.6 is 0 Å². The second-order valence-corrected chi connectivity index (χ2v) is 3.17. The molecule has 0 fully saturated rings. The molecule has 0 radical (unpaired) electrons. The highest BCUT2D eigenvalue weighted by Crippen LogP contribution is 2.35. The number of cyclic esters (lactones) is 1. The smallest absolute Gasteiger partial charge is 0.337 e. The number of ether oxygens (including phenoxy) is 1. The van der Waals surface area contributed by atoms with Crippen LogP contribution in [0.3, 0.4) is 0 Å². The van der Waals surface area contributed by atoms with Crippen molar-refractivity contribution < 1.29 is 13.9 Å². The Morgan fingerprint density at radius 2 is 1.93 bits per heavy atom. The van der Waals surface area contributed by atoms with Gasteiger partial charge in [0.2, 0.25) is 0 Å². The zero-order chi connectivity index (χ0) is 10.1. The quantitative estimate of drug-likeness (QED) is 0.639. The molecule has 0 spiro atoms. The van der Waals surface area contributed by atoms with Gasteiger partial charge < -0.3 is 4.74 Å². The minimum Gasteiger partial charge on any atom is -0.447 e. The summed E-state index contributed by atoms with van der Waals surface area (Å²) in [5.41, 5.74) is 0.731. The first kappa shape index (κ1) is 8.94. The predicted molar refractivity (Wildman–Crippen MR) is 49.1 cm³/mol. The largest absolute Gasteiger partial charge is 0.447 e. The van der Waals surface area contributed by atoms with Crippen LogP contribution in [0.2, 0.25) is 0 Å². The fourth-order valence-corrected chi connectivity index (χ4v) is 1.38. The number of esters is 1. The number of halogens is 1. The lowest BCUT2D eigenvalue weighted by Crippen LogP contribution is -2.01. The van der Waals surface area contributed by atoms with Crippen molar-refractivity contribution in [2.75, 3.05) is 0 Å². The van der Waals surface area contributed by atoms with E-state index in [1.165, 1.54) is 6.92 Å². The van der Waals surface area contributed by atoms with Gasteiger partial charge in [0.05, 0.1) is 5.57 Å². The van der Waals surface area contributed by atoms with E-state index in [9.17, 15) is 9.18 Å². The van der Waals surface area contributed by atoms with Crippen molar-refractivity contribution in [3.8, 4) is 0 Å². The van der Waals surface area contributed by atoms with Crippen LogP contribution in [0.15, 0.2) is 41.7 Å². The summed E-state index contributed by atoms with van der Waals surface area (Å²) in [6.45, 7) is 1.43. The Balaban J connectivity index is 2.36. The summed E-state index contributed by atoms with van der Waals surface area (Å²) in [6.07, 6.45) is -0.844. The van der Waals surface area contributed by atoms with Gasteiger partial charge >= 0.3 is 5.97 Å². The maximum absolute atomic E-state index is 13.5. The van der Waals surface area contributed by atoms with Crippen LogP contribution in [0.4, 0.5) is 4.39 Å². The van der Waals surface area contributed by atoms with Crippen molar-refractivity contribution in [3.63, 3.8) is 0 Å². The SMILES string of the molecule is CC1=C(F)C(c2ccccc2)OC1=O. The van der Waals surface area contributed by atoms with Gasteiger partial charge in [-0.15, -0.1) is 0 Å². The molecule has 0 bridgehead atoms. The molecular formula is C11H9FO2. The Morgan fingerprint density at radius 3 is 2.43 bits per heavy atom. The zero-order valence-electron chi connectivity index (χ0n) is 7.66. The second-order valence-electron chi connectivity index (χ2n) is 3.17. The molecule has 1 aromatic rings. The molecule has 1 aliphatic heterocycles. The number of carbonyl (C=O) groups is 1. The van der Waals surface area contributed by atoms with Gasteiger partial charge in [0.25, 0.3) is 0 Å². The molecule has 0 saturated carbocycles. The van der Waals surface area contributed by atoms with Gasteiger partial charge in [-0.2, -0.15) is 0 Å². The molecule has 0 saturated heterocycles. The van der Waals surface area contributed by atoms with Crippen LogP contribution in [0.5, 0.6) is 0 Å². The van der Waals surface area contributed by atoms with E-state index in [0.29, 0.717) is 5.56 Å². The molecule has 1 heterocycles. The Morgan fingerprint density at radius 1 is 1.29 bits per heavy atom. The van der Waals surface area contributed by atoms with Crippen LogP contribution in [-0.2, 0) is 9.53 Å². The number of benzene rings is 1. The molecule has 2 nitrogen and oxygen atoms in total. The summed E-state index contributed by atoms with van der Waals surface area (Å²) in [4.78, 5) is 11.0. The lowest BCUT2D eigenvalue weighted by molar-refractivity contribution is -0.140. The third kappa shape index (κ3) is 1.31. The first-order valence-electron chi connectivity index (χ1n) is 4.32. The minimum absolute atomic E-state index is 0.0684. The predicted octanol–water partition coefficient (Wildman–Crippen LogP) is 2.53. The van der Waals surface area contributed by atoms with Gasteiger partial charge in [0, 0.05) is 0 Å². The average molecular weight is 192 g/mol. The molecule has 0 amide bonds. The van der Waals surface area contributed by atoms with Crippen LogP contribution in [0.25, 0.3) is 0 Å². The first-order valence-corrected chi connectivity index (χ1v) is 4.32. The third-order valence-electron chi connectivity index (χ3n) is 2.22. The second kappa shape index (κ2) is 3.25. The average Bonchev–Trinajstić information content (AvgIpc) is 2.47. The number of hydrogen-bond acceptors (Lipinski definition) is 2. The van der Waals surface area contributed by atoms with E-state index >= 15 is 0 Å². The summed E-state index contributed by atoms with van der Waals surface area (Å²) in [5.74, 6) is -1.06. The maximum Gasteiger partial charge on any atom is 0.337 e. The Labute approximate surface area is 81.0 Å². The molecule has 1 aliphatic rings. The fraction of sp³-hybridized carbons (Fsp3) is 0.182. The number of rotatable bonds is 1. The van der Waals surface area contributed by atoms with E-state index in [1.54, 1.807) is 24.3 Å². The summed E-state index contributed by atoms with van der Waals surface area (Å²) >= 11 is 0. The molecule has 0 aromatic heterocycles. The molecule has 2 rings (SSSR count). The summed E-state index contributed by atoms with van der Waals surface area (Å²) in [7, 11) is 0. The van der Waals surface area contributed by atoms with Crippen molar-refractivity contribution in [1.82, 2.24) is 0 Å². The van der Waals surface area contributed by atoms with Crippen molar-refractivity contribution in [2.24, 2.45) is 0 Å². The monoisotopic (exact) mass is 192 g/mol. The van der Waals surface area contributed by atoms with E-state index in [2.05, 4.69) is 0 Å². The molecule has 14 heavy (non-hydrogen) atoms. The number of carbonyl (C=O) groups excluding carboxylic acids is 1. The first-order chi connectivity index (χ1) is 6.70. The highest BCUT2D eigenvalue weighted by molar-refractivity contribution is 5.91. The van der Waals surface area contributed by atoms with Crippen molar-refractivity contribution in [1.29, 1.82) is 0 Å². The van der Waals surface area contributed by atoms with E-state index < -0.39 is 17.9 Å². The van der Waals surface area contributed by atoms with Crippen molar-refractivity contribution >= 4 is 5.97 Å². The molecule has 3 heteroatoms. The van der Waals surface area contributed by atoms with Crippen LogP contribution < -0.4 is 0 Å². The summed E-state index contributed by atoms with van der Waals surface area (Å²) < 4.78 is 18.3. The minimum atomic E-state index is -0.844. The van der Waals surface area contributed by atoms with E-state index in [1.807, 2.05) is 6.07 Å². The van der Waals surface area contributed by atoms with Gasteiger partial charge in [0.1, 0.15) is 0 Å². The van der Waals surface area contributed by atoms with Gasteiger partial charge in [-0.05, 0) is 12.5 Å². The lowest BCUT2D eigenvalue weighted by Gasteiger charge is -2.08. The van der Waals surface area contributed by atoms with Gasteiger partial charge in [-0.25, -0.2) is 9.18 Å². The van der Waals surface area contributed by atoms with Gasteiger partial charge in [-0.1, -0.05) is 30.3 Å². The fourth-order valence-electron chi connectivity index (χ4n) is 1.38. The highest BCUT2D eigenvalue weighted by atomic mass is 19.1. The van der Waals surface area contributed by atoms with Crippen molar-refractivity contribution in [2.45, 2.75) is 13.0 Å². The molecule has 1 aromatic carbocycles. The zero-order valence-corrected chi connectivity index (χ0v) is 7.66. The Bertz CT molecular complexity index is 395. The van der Waals surface area contributed by atoms with Crippen LogP contribution in [0.1, 0.15) is 18.6 Å². The Kier molecular flexibility index (Phi) is 2.08. The molecule has 0 aliphatic carbocycles. The van der Waals surface area contributed by atoms with Gasteiger partial charge in [0.15, 0.2) is 11.9 Å². The molecule has 72 valence electrons. The maximum atomic E-state index is 13.5. The normalized spacial score (nSPS) is 21.3. The van der Waals surface area contributed by atoms with Crippen LogP contribution in [0, 0.1) is 0 Å². The lowest BCUT2D eigenvalue weighted by atomic mass is 10.1. The Hall–Kier alpha value is -1.64. The molecule has 0 N–H and O–H groups in total. The topological polar surface area (TPSA) is 26.3 Å². The standard InChI is InChI=1S/C11H9FO2/c1-7-9(12)10(14-11(7)13)8-5-3-2-4-6-8/h2-6,10H,1H3. The number of hydrogen-bond donors (Lipinski definition) is 0. The van der Waals surface area contributed by atoms with E-state index in [-0.39, 0.29) is 5.57 Å². The molecule has 1 atom stereocenters. The van der Waals surface area contributed by atoms with Gasteiger partial charge in [-0.3, -0.25) is 0 Å². The summed E-state index contributed by atoms with van der Waals surface area (Å²) in [6, 6.07) is 8.86. The van der Waals surface area contributed by atoms with E-state index in [0.717, 1.165) is 0 Å². The van der Waals surface area contributed by atoms with Crippen LogP contribution in [-0.4, -0.2) is 5.97 Å². The highest BCUT2D eigenvalue weighted by Gasteiger charge is 2.32. The van der Waals surface area contributed by atoms with E-state index in [4.69, 9.17) is 4.74 Å². The van der Waals surface area contributed by atoms with Crippen molar-refractivity contribution in [3.05, 3.63) is 47.3 Å². The molecular weight excluding hydrogens is 183 g/mol. The third-order valence-corrected chi connectivity index (χ3v) is 2.22. The molecule has 1 unspecified atom stereocenters.